The van der Waals surface area contributed by atoms with E-state index in [2.05, 4.69) is 10.3 Å². The molecular formula is C11H16N2O4. The van der Waals surface area contributed by atoms with Gasteiger partial charge in [0.2, 0.25) is 5.76 Å². The van der Waals surface area contributed by atoms with Crippen LogP contribution in [-0.4, -0.2) is 28.5 Å². The van der Waals surface area contributed by atoms with Crippen LogP contribution in [-0.2, 0) is 4.79 Å². The maximum absolute atomic E-state index is 11.6. The predicted octanol–water partition coefficient (Wildman–Crippen LogP) is 1.21. The van der Waals surface area contributed by atoms with Gasteiger partial charge in [-0.1, -0.05) is 13.3 Å². The van der Waals surface area contributed by atoms with Crippen LogP contribution in [0.5, 0.6) is 0 Å². The molecule has 0 radical (unpaired) electrons. The van der Waals surface area contributed by atoms with Crippen LogP contribution >= 0.6 is 0 Å². The molecule has 17 heavy (non-hydrogen) atoms. The van der Waals surface area contributed by atoms with E-state index in [4.69, 9.17) is 9.52 Å². The lowest BCUT2D eigenvalue weighted by atomic mass is 10.0. The molecule has 0 bridgehead atoms. The molecule has 1 unspecified atom stereocenters. The van der Waals surface area contributed by atoms with E-state index in [1.807, 2.05) is 6.92 Å². The summed E-state index contributed by atoms with van der Waals surface area (Å²) in [5, 5.41) is 11.3. The van der Waals surface area contributed by atoms with Crippen LogP contribution in [0.2, 0.25) is 0 Å². The number of amides is 1. The SMILES string of the molecule is CCC(CNC(=O)c1ocnc1C)CC(=O)O. The molecule has 6 nitrogen and oxygen atoms in total. The number of rotatable bonds is 6. The fraction of sp³-hybridized carbons (Fsp3) is 0.545. The second-order valence-electron chi connectivity index (χ2n) is 3.85. The van der Waals surface area contributed by atoms with Gasteiger partial charge in [-0.3, -0.25) is 9.59 Å². The van der Waals surface area contributed by atoms with E-state index in [-0.39, 0.29) is 24.0 Å². The molecule has 0 aliphatic carbocycles. The summed E-state index contributed by atoms with van der Waals surface area (Å²) in [5.74, 6) is -1.11. The number of oxazole rings is 1. The van der Waals surface area contributed by atoms with E-state index in [9.17, 15) is 9.59 Å². The fourth-order valence-electron chi connectivity index (χ4n) is 1.44. The first kappa shape index (κ1) is 13.2. The Balaban J connectivity index is 2.47. The number of hydrogen-bond donors (Lipinski definition) is 2. The summed E-state index contributed by atoms with van der Waals surface area (Å²) in [6, 6.07) is 0. The van der Waals surface area contributed by atoms with Gasteiger partial charge in [-0.2, -0.15) is 0 Å². The zero-order chi connectivity index (χ0) is 12.8. The normalized spacial score (nSPS) is 12.1. The Labute approximate surface area is 99.0 Å². The molecule has 1 aromatic rings. The van der Waals surface area contributed by atoms with E-state index in [1.54, 1.807) is 6.92 Å². The van der Waals surface area contributed by atoms with Crippen molar-refractivity contribution in [1.29, 1.82) is 0 Å². The summed E-state index contributed by atoms with van der Waals surface area (Å²) in [4.78, 5) is 26.0. The minimum Gasteiger partial charge on any atom is -0.481 e. The summed E-state index contributed by atoms with van der Waals surface area (Å²) in [7, 11) is 0. The average Bonchev–Trinajstić information content (AvgIpc) is 2.69. The Kier molecular flexibility index (Phi) is 4.68. The molecule has 1 atom stereocenters. The molecule has 1 aromatic heterocycles. The summed E-state index contributed by atoms with van der Waals surface area (Å²) < 4.78 is 4.93. The molecule has 0 saturated heterocycles. The second kappa shape index (κ2) is 6.03. The zero-order valence-electron chi connectivity index (χ0n) is 9.90. The molecule has 0 saturated carbocycles. The largest absolute Gasteiger partial charge is 0.481 e. The van der Waals surface area contributed by atoms with Crippen molar-refractivity contribution < 1.29 is 19.1 Å². The van der Waals surface area contributed by atoms with Gasteiger partial charge in [-0.05, 0) is 12.8 Å². The standard InChI is InChI=1S/C11H16N2O4/c1-3-8(4-9(14)15)5-12-11(16)10-7(2)13-6-17-10/h6,8H,3-5H2,1-2H3,(H,12,16)(H,14,15). The van der Waals surface area contributed by atoms with Crippen molar-refractivity contribution in [3.8, 4) is 0 Å². The highest BCUT2D eigenvalue weighted by Crippen LogP contribution is 2.08. The van der Waals surface area contributed by atoms with Crippen molar-refractivity contribution in [3.05, 3.63) is 17.8 Å². The number of aromatic nitrogens is 1. The van der Waals surface area contributed by atoms with Crippen LogP contribution < -0.4 is 5.32 Å². The minimum atomic E-state index is -0.859. The Morgan fingerprint density at radius 2 is 2.29 bits per heavy atom. The van der Waals surface area contributed by atoms with Gasteiger partial charge in [0.05, 0.1) is 5.69 Å². The molecule has 0 aliphatic rings. The third-order valence-corrected chi connectivity index (χ3v) is 2.54. The number of hydrogen-bond acceptors (Lipinski definition) is 4. The van der Waals surface area contributed by atoms with Gasteiger partial charge in [-0.25, -0.2) is 4.98 Å². The zero-order valence-corrected chi connectivity index (χ0v) is 9.90. The van der Waals surface area contributed by atoms with Crippen LogP contribution in [0.4, 0.5) is 0 Å². The fourth-order valence-corrected chi connectivity index (χ4v) is 1.44. The predicted molar refractivity (Wildman–Crippen MR) is 59.6 cm³/mol. The number of carboxylic acids is 1. The molecule has 1 amide bonds. The van der Waals surface area contributed by atoms with Gasteiger partial charge in [0.15, 0.2) is 6.39 Å². The lowest BCUT2D eigenvalue weighted by Crippen LogP contribution is -2.30. The van der Waals surface area contributed by atoms with Gasteiger partial charge < -0.3 is 14.8 Å². The topological polar surface area (TPSA) is 92.4 Å². The molecule has 1 heterocycles. The van der Waals surface area contributed by atoms with Crippen LogP contribution in [0.1, 0.15) is 36.0 Å². The summed E-state index contributed by atoms with van der Waals surface area (Å²) in [5.41, 5.74) is 0.522. The van der Waals surface area contributed by atoms with Gasteiger partial charge >= 0.3 is 5.97 Å². The van der Waals surface area contributed by atoms with Crippen molar-refractivity contribution in [3.63, 3.8) is 0 Å². The molecule has 1 rings (SSSR count). The number of nitrogens with one attached hydrogen (secondary N) is 1. The number of carbonyl (C=O) groups excluding carboxylic acids is 1. The van der Waals surface area contributed by atoms with E-state index in [1.165, 1.54) is 6.39 Å². The Morgan fingerprint density at radius 1 is 1.59 bits per heavy atom. The van der Waals surface area contributed by atoms with Crippen molar-refractivity contribution in [2.75, 3.05) is 6.54 Å². The van der Waals surface area contributed by atoms with E-state index >= 15 is 0 Å². The minimum absolute atomic E-state index is 0.0478. The molecule has 0 fully saturated rings. The van der Waals surface area contributed by atoms with Gasteiger partial charge in [0, 0.05) is 13.0 Å². The Morgan fingerprint density at radius 3 is 2.76 bits per heavy atom. The maximum Gasteiger partial charge on any atom is 0.303 e. The summed E-state index contributed by atoms with van der Waals surface area (Å²) in [6.07, 6.45) is 1.95. The third-order valence-electron chi connectivity index (χ3n) is 2.54. The van der Waals surface area contributed by atoms with Crippen molar-refractivity contribution in [2.45, 2.75) is 26.7 Å². The Bertz CT molecular complexity index is 400. The first-order valence-electron chi connectivity index (χ1n) is 5.44. The van der Waals surface area contributed by atoms with Crippen molar-refractivity contribution in [2.24, 2.45) is 5.92 Å². The van der Waals surface area contributed by atoms with Crippen molar-refractivity contribution in [1.82, 2.24) is 10.3 Å². The molecule has 6 heteroatoms. The number of carboxylic acid groups (broad SMARTS) is 1. The number of carbonyl (C=O) groups is 2. The monoisotopic (exact) mass is 240 g/mol. The highest BCUT2D eigenvalue weighted by atomic mass is 16.4. The number of aryl methyl sites for hydroxylation is 1. The average molecular weight is 240 g/mol. The highest BCUT2D eigenvalue weighted by Gasteiger charge is 2.16. The molecule has 0 aromatic carbocycles. The maximum atomic E-state index is 11.6. The van der Waals surface area contributed by atoms with E-state index in [0.717, 1.165) is 0 Å². The smallest absolute Gasteiger partial charge is 0.303 e. The quantitative estimate of drug-likeness (QED) is 0.779. The molecule has 2 N–H and O–H groups in total. The number of nitrogens with zero attached hydrogens (tertiary/aromatic N) is 1. The lowest BCUT2D eigenvalue weighted by Gasteiger charge is -2.12. The highest BCUT2D eigenvalue weighted by molar-refractivity contribution is 5.92. The Hall–Kier alpha value is -1.85. The van der Waals surface area contributed by atoms with Crippen LogP contribution in [0.3, 0.4) is 0 Å². The second-order valence-corrected chi connectivity index (χ2v) is 3.85. The van der Waals surface area contributed by atoms with E-state index in [0.29, 0.717) is 18.7 Å². The van der Waals surface area contributed by atoms with Crippen molar-refractivity contribution >= 4 is 11.9 Å². The summed E-state index contributed by atoms with van der Waals surface area (Å²) in [6.45, 7) is 3.88. The number of aliphatic carboxylic acids is 1. The molecule has 94 valence electrons. The van der Waals surface area contributed by atoms with Crippen LogP contribution in [0.15, 0.2) is 10.8 Å². The lowest BCUT2D eigenvalue weighted by molar-refractivity contribution is -0.138. The first-order valence-corrected chi connectivity index (χ1v) is 5.44. The van der Waals surface area contributed by atoms with Gasteiger partial charge in [0.1, 0.15) is 0 Å². The van der Waals surface area contributed by atoms with Gasteiger partial charge in [-0.15, -0.1) is 0 Å². The first-order chi connectivity index (χ1) is 8.04. The molecular weight excluding hydrogens is 224 g/mol. The van der Waals surface area contributed by atoms with Crippen LogP contribution in [0.25, 0.3) is 0 Å². The summed E-state index contributed by atoms with van der Waals surface area (Å²) >= 11 is 0. The van der Waals surface area contributed by atoms with E-state index < -0.39 is 5.97 Å². The third kappa shape index (κ3) is 3.90. The van der Waals surface area contributed by atoms with Crippen LogP contribution in [0, 0.1) is 12.8 Å². The molecule has 0 aliphatic heterocycles. The van der Waals surface area contributed by atoms with Gasteiger partial charge in [0.25, 0.3) is 5.91 Å². The molecule has 0 spiro atoms.